The van der Waals surface area contributed by atoms with Crippen molar-refractivity contribution in [2.75, 3.05) is 0 Å². The van der Waals surface area contributed by atoms with Gasteiger partial charge in [-0.05, 0) is 37.3 Å². The quantitative estimate of drug-likeness (QED) is 0.840. The maximum Gasteiger partial charge on any atom is 0.129 e. The first kappa shape index (κ1) is 11.5. The van der Waals surface area contributed by atoms with E-state index in [0.717, 1.165) is 12.8 Å². The molecule has 0 radical (unpaired) electrons. The first-order chi connectivity index (χ1) is 7.68. The van der Waals surface area contributed by atoms with Crippen LogP contribution in [0.2, 0.25) is 0 Å². The smallest absolute Gasteiger partial charge is 0.129 e. The van der Waals surface area contributed by atoms with Crippen LogP contribution in [-0.2, 0) is 6.42 Å². The van der Waals surface area contributed by atoms with Crippen molar-refractivity contribution in [3.05, 3.63) is 35.4 Å². The molecule has 1 aliphatic carbocycles. The lowest BCUT2D eigenvalue weighted by Gasteiger charge is -2.19. The Morgan fingerprint density at radius 2 is 1.75 bits per heavy atom. The fraction of sp³-hybridized carbons (Fsp3) is 0.538. The Labute approximate surface area is 94.7 Å². The molecule has 1 unspecified atom stereocenters. The number of nitrogens with two attached hydrogens (primary N) is 1. The second-order valence-corrected chi connectivity index (χ2v) is 4.61. The van der Waals surface area contributed by atoms with Gasteiger partial charge in [-0.2, -0.15) is 0 Å². The molecule has 0 aromatic heterocycles. The van der Waals surface area contributed by atoms with Gasteiger partial charge in [-0.1, -0.05) is 18.9 Å². The Morgan fingerprint density at radius 1 is 1.19 bits per heavy atom. The molecule has 0 aliphatic heterocycles. The van der Waals surface area contributed by atoms with Gasteiger partial charge in [-0.25, -0.2) is 8.78 Å². The first-order valence-electron chi connectivity index (χ1n) is 5.87. The lowest BCUT2D eigenvalue weighted by atomic mass is 9.92. The maximum atomic E-state index is 13.4. The summed E-state index contributed by atoms with van der Waals surface area (Å²) in [6.45, 7) is 0. The molecule has 1 fully saturated rings. The summed E-state index contributed by atoms with van der Waals surface area (Å²) in [5.74, 6) is -0.527. The highest BCUT2D eigenvalue weighted by atomic mass is 19.1. The monoisotopic (exact) mass is 225 g/mol. The van der Waals surface area contributed by atoms with Crippen LogP contribution in [-0.4, -0.2) is 6.04 Å². The molecule has 1 aromatic carbocycles. The Balaban J connectivity index is 2.07. The molecule has 88 valence electrons. The highest BCUT2D eigenvalue weighted by molar-refractivity contribution is 5.20. The summed E-state index contributed by atoms with van der Waals surface area (Å²) >= 11 is 0. The van der Waals surface area contributed by atoms with Gasteiger partial charge in [0.15, 0.2) is 0 Å². The summed E-state index contributed by atoms with van der Waals surface area (Å²) in [6.07, 6.45) is 4.88. The highest BCUT2D eigenvalue weighted by Gasteiger charge is 2.23. The van der Waals surface area contributed by atoms with Crippen molar-refractivity contribution >= 4 is 0 Å². The average Bonchev–Trinajstić information content (AvgIpc) is 2.76. The van der Waals surface area contributed by atoms with Crippen LogP contribution < -0.4 is 5.73 Å². The minimum absolute atomic E-state index is 0.117. The average molecular weight is 225 g/mol. The predicted molar refractivity (Wildman–Crippen MR) is 60.0 cm³/mol. The van der Waals surface area contributed by atoms with Crippen molar-refractivity contribution in [3.8, 4) is 0 Å². The zero-order valence-electron chi connectivity index (χ0n) is 9.26. The first-order valence-corrected chi connectivity index (χ1v) is 5.87. The van der Waals surface area contributed by atoms with E-state index in [9.17, 15) is 8.78 Å². The summed E-state index contributed by atoms with van der Waals surface area (Å²) in [4.78, 5) is 0. The molecule has 1 nitrogen and oxygen atoms in total. The van der Waals surface area contributed by atoms with E-state index in [2.05, 4.69) is 0 Å². The zero-order chi connectivity index (χ0) is 11.5. The number of benzene rings is 1. The standard InChI is InChI=1S/C13H17F2N/c14-11-6-3-7-12(15)10(11)8-13(16)9-4-1-2-5-9/h3,6-7,9,13H,1-2,4-5,8,16H2. The summed E-state index contributed by atoms with van der Waals surface area (Å²) in [5.41, 5.74) is 6.16. The SMILES string of the molecule is NC(Cc1c(F)cccc1F)C1CCCC1. The lowest BCUT2D eigenvalue weighted by molar-refractivity contribution is 0.416. The minimum Gasteiger partial charge on any atom is -0.327 e. The predicted octanol–water partition coefficient (Wildman–Crippen LogP) is 3.02. The van der Waals surface area contributed by atoms with E-state index in [4.69, 9.17) is 5.73 Å². The van der Waals surface area contributed by atoms with Crippen LogP contribution in [0, 0.1) is 17.6 Å². The Morgan fingerprint density at radius 3 is 2.31 bits per heavy atom. The fourth-order valence-corrected chi connectivity index (χ4v) is 2.52. The van der Waals surface area contributed by atoms with Gasteiger partial charge in [0.25, 0.3) is 0 Å². The van der Waals surface area contributed by atoms with Gasteiger partial charge in [0.05, 0.1) is 0 Å². The van der Waals surface area contributed by atoms with E-state index in [1.165, 1.54) is 31.0 Å². The lowest BCUT2D eigenvalue weighted by Crippen LogP contribution is -2.31. The molecule has 1 atom stereocenters. The van der Waals surface area contributed by atoms with E-state index >= 15 is 0 Å². The number of rotatable bonds is 3. The van der Waals surface area contributed by atoms with Crippen molar-refractivity contribution in [1.82, 2.24) is 0 Å². The van der Waals surface area contributed by atoms with Gasteiger partial charge in [-0.15, -0.1) is 0 Å². The summed E-state index contributed by atoms with van der Waals surface area (Å²) < 4.78 is 26.8. The molecule has 0 saturated heterocycles. The van der Waals surface area contributed by atoms with Crippen LogP contribution in [0.5, 0.6) is 0 Å². The van der Waals surface area contributed by atoms with Crippen LogP contribution >= 0.6 is 0 Å². The molecule has 1 saturated carbocycles. The number of halogens is 2. The third-order valence-electron chi connectivity index (χ3n) is 3.51. The molecular formula is C13H17F2N. The van der Waals surface area contributed by atoms with Crippen molar-refractivity contribution in [2.45, 2.75) is 38.1 Å². The molecule has 0 amide bonds. The second kappa shape index (κ2) is 4.91. The van der Waals surface area contributed by atoms with E-state index in [1.807, 2.05) is 0 Å². The molecule has 0 heterocycles. The molecule has 3 heteroatoms. The summed E-state index contributed by atoms with van der Waals surface area (Å²) in [5, 5.41) is 0. The van der Waals surface area contributed by atoms with E-state index < -0.39 is 11.6 Å². The minimum atomic E-state index is -0.478. The van der Waals surface area contributed by atoms with Crippen LogP contribution in [0.25, 0.3) is 0 Å². The molecule has 16 heavy (non-hydrogen) atoms. The topological polar surface area (TPSA) is 26.0 Å². The van der Waals surface area contributed by atoms with Gasteiger partial charge in [0, 0.05) is 11.6 Å². The van der Waals surface area contributed by atoms with Gasteiger partial charge < -0.3 is 5.73 Å². The third kappa shape index (κ3) is 2.40. The second-order valence-electron chi connectivity index (χ2n) is 4.61. The van der Waals surface area contributed by atoms with Crippen LogP contribution in [0.15, 0.2) is 18.2 Å². The van der Waals surface area contributed by atoms with Crippen LogP contribution in [0.1, 0.15) is 31.2 Å². The molecule has 0 spiro atoms. The van der Waals surface area contributed by atoms with Crippen LogP contribution in [0.4, 0.5) is 8.78 Å². The Kier molecular flexibility index (Phi) is 3.54. The molecule has 1 aliphatic rings. The van der Waals surface area contributed by atoms with Crippen LogP contribution in [0.3, 0.4) is 0 Å². The highest BCUT2D eigenvalue weighted by Crippen LogP contribution is 2.29. The van der Waals surface area contributed by atoms with Gasteiger partial charge >= 0.3 is 0 Å². The van der Waals surface area contributed by atoms with Crippen molar-refractivity contribution in [3.63, 3.8) is 0 Å². The van der Waals surface area contributed by atoms with Gasteiger partial charge in [0.2, 0.25) is 0 Å². The zero-order valence-corrected chi connectivity index (χ0v) is 9.26. The fourth-order valence-electron chi connectivity index (χ4n) is 2.52. The van der Waals surface area contributed by atoms with Gasteiger partial charge in [0.1, 0.15) is 11.6 Å². The largest absolute Gasteiger partial charge is 0.327 e. The normalized spacial score (nSPS) is 18.9. The van der Waals surface area contributed by atoms with E-state index in [-0.39, 0.29) is 11.6 Å². The molecule has 2 rings (SSSR count). The molecule has 1 aromatic rings. The molecule has 2 N–H and O–H groups in total. The number of hydrogen-bond acceptors (Lipinski definition) is 1. The van der Waals surface area contributed by atoms with E-state index in [0.29, 0.717) is 12.3 Å². The third-order valence-corrected chi connectivity index (χ3v) is 3.51. The molecular weight excluding hydrogens is 208 g/mol. The van der Waals surface area contributed by atoms with Gasteiger partial charge in [-0.3, -0.25) is 0 Å². The van der Waals surface area contributed by atoms with Crippen molar-refractivity contribution in [1.29, 1.82) is 0 Å². The van der Waals surface area contributed by atoms with E-state index in [1.54, 1.807) is 0 Å². The summed E-state index contributed by atoms with van der Waals surface area (Å²) in [6, 6.07) is 3.85. The summed E-state index contributed by atoms with van der Waals surface area (Å²) in [7, 11) is 0. The number of hydrogen-bond donors (Lipinski definition) is 1. The molecule has 0 bridgehead atoms. The Hall–Kier alpha value is -0.960. The van der Waals surface area contributed by atoms with Crippen molar-refractivity contribution < 1.29 is 8.78 Å². The van der Waals surface area contributed by atoms with Crippen molar-refractivity contribution in [2.24, 2.45) is 11.7 Å². The maximum absolute atomic E-state index is 13.4. The Bertz CT molecular complexity index is 339.